The van der Waals surface area contributed by atoms with Crippen LogP contribution < -0.4 is 19.7 Å². The number of ether oxygens (including phenoxy) is 2. The van der Waals surface area contributed by atoms with Crippen LogP contribution in [0.25, 0.3) is 0 Å². The number of aryl methyl sites for hydroxylation is 1. The van der Waals surface area contributed by atoms with E-state index in [2.05, 4.69) is 34.3 Å². The molecule has 2 aliphatic heterocycles. The van der Waals surface area contributed by atoms with Crippen molar-refractivity contribution in [1.82, 2.24) is 10.3 Å². The third-order valence-corrected chi connectivity index (χ3v) is 6.17. The van der Waals surface area contributed by atoms with Gasteiger partial charge in [-0.05, 0) is 55.5 Å². The molecule has 1 fully saturated rings. The van der Waals surface area contributed by atoms with Gasteiger partial charge in [0.1, 0.15) is 0 Å². The maximum atomic E-state index is 5.73. The number of anilines is 1. The first-order valence-corrected chi connectivity index (χ1v) is 9.90. The first-order chi connectivity index (χ1) is 13.2. The van der Waals surface area contributed by atoms with Crippen molar-refractivity contribution < 1.29 is 9.47 Å². The predicted molar refractivity (Wildman–Crippen MR) is 110 cm³/mol. The predicted octanol–water partition coefficient (Wildman–Crippen LogP) is 4.36. The fraction of sp³-hybridized carbons (Fsp3) is 0.200. The van der Waals surface area contributed by atoms with Gasteiger partial charge in [-0.25, -0.2) is 0 Å². The number of hydrogen-bond acceptors (Lipinski definition) is 5. The number of hydrogen-bond donors (Lipinski definition) is 1. The Kier molecular flexibility index (Phi) is 3.98. The highest BCUT2D eigenvalue weighted by atomic mass is 32.1. The Labute approximate surface area is 166 Å². The number of thiocarbonyl (C=S) groups is 1. The number of nitrogens with zero attached hydrogens (tertiary/aromatic N) is 2. The number of thiophene rings is 1. The first-order valence-electron chi connectivity index (χ1n) is 8.67. The standard InChI is InChI=1S/C20H17N3O2S2/c1-12-5-8-17(27-12)19-18(14-4-2-3-9-21-14)22-20(26)23(19)13-6-7-15-16(10-13)25-11-24-15/h2-10,18-19H,11H2,1H3,(H,22,26)/t18-,19-/m0/s1. The molecule has 2 aromatic heterocycles. The third-order valence-electron chi connectivity index (χ3n) is 4.79. The van der Waals surface area contributed by atoms with Gasteiger partial charge in [-0.1, -0.05) is 6.07 Å². The van der Waals surface area contributed by atoms with E-state index in [4.69, 9.17) is 21.7 Å². The quantitative estimate of drug-likeness (QED) is 0.665. The van der Waals surface area contributed by atoms with E-state index in [1.165, 1.54) is 9.75 Å². The van der Waals surface area contributed by atoms with Gasteiger partial charge in [0, 0.05) is 27.7 Å². The summed E-state index contributed by atoms with van der Waals surface area (Å²) in [5.74, 6) is 1.51. The van der Waals surface area contributed by atoms with Crippen molar-refractivity contribution in [2.45, 2.75) is 19.0 Å². The molecule has 1 N–H and O–H groups in total. The minimum absolute atomic E-state index is 0.0199. The second-order valence-corrected chi connectivity index (χ2v) is 8.19. The molecule has 5 nitrogen and oxygen atoms in total. The molecule has 0 radical (unpaired) electrons. The van der Waals surface area contributed by atoms with E-state index in [0.29, 0.717) is 5.11 Å². The van der Waals surface area contributed by atoms with Crippen molar-refractivity contribution in [2.75, 3.05) is 11.7 Å². The summed E-state index contributed by atoms with van der Waals surface area (Å²) in [6.07, 6.45) is 1.82. The van der Waals surface area contributed by atoms with Gasteiger partial charge in [0.25, 0.3) is 0 Å². The van der Waals surface area contributed by atoms with Crippen LogP contribution in [-0.4, -0.2) is 16.9 Å². The van der Waals surface area contributed by atoms with E-state index in [1.54, 1.807) is 11.3 Å². The number of aromatic nitrogens is 1. The fourth-order valence-corrected chi connectivity index (χ4v) is 4.92. The van der Waals surface area contributed by atoms with E-state index in [1.807, 2.05) is 42.6 Å². The van der Waals surface area contributed by atoms with Crippen molar-refractivity contribution in [1.29, 1.82) is 0 Å². The molecule has 0 amide bonds. The van der Waals surface area contributed by atoms with Gasteiger partial charge >= 0.3 is 0 Å². The van der Waals surface area contributed by atoms with Crippen molar-refractivity contribution in [3.63, 3.8) is 0 Å². The SMILES string of the molecule is Cc1ccc([C@H]2[C@H](c3ccccn3)NC(=S)N2c2ccc3c(c2)OCO3)s1. The average Bonchev–Trinajstić information content (AvgIpc) is 3.39. The fourth-order valence-electron chi connectivity index (χ4n) is 3.57. The molecule has 0 spiro atoms. The zero-order valence-corrected chi connectivity index (χ0v) is 16.2. The second-order valence-electron chi connectivity index (χ2n) is 6.48. The Hall–Kier alpha value is -2.64. The summed E-state index contributed by atoms with van der Waals surface area (Å²) in [7, 11) is 0. The van der Waals surface area contributed by atoms with Crippen LogP contribution in [0.15, 0.2) is 54.7 Å². The van der Waals surface area contributed by atoms with Gasteiger partial charge in [0.15, 0.2) is 16.6 Å². The molecular formula is C20H17N3O2S2. The van der Waals surface area contributed by atoms with Crippen molar-refractivity contribution in [3.05, 3.63) is 70.2 Å². The van der Waals surface area contributed by atoms with Crippen molar-refractivity contribution in [3.8, 4) is 11.5 Å². The number of pyridine rings is 1. The summed E-state index contributed by atoms with van der Waals surface area (Å²) in [6, 6.07) is 16.2. The van der Waals surface area contributed by atoms with E-state index in [0.717, 1.165) is 22.9 Å². The molecule has 4 heterocycles. The topological polar surface area (TPSA) is 46.6 Å². The largest absolute Gasteiger partial charge is 0.454 e. The van der Waals surface area contributed by atoms with Crippen LogP contribution in [0.1, 0.15) is 27.5 Å². The Morgan fingerprint density at radius 1 is 1.15 bits per heavy atom. The van der Waals surface area contributed by atoms with E-state index < -0.39 is 0 Å². The molecule has 5 rings (SSSR count). The molecule has 136 valence electrons. The Balaban J connectivity index is 1.61. The van der Waals surface area contributed by atoms with Crippen LogP contribution in [0.2, 0.25) is 0 Å². The summed E-state index contributed by atoms with van der Waals surface area (Å²) in [5, 5.41) is 4.15. The van der Waals surface area contributed by atoms with Gasteiger partial charge in [-0.2, -0.15) is 0 Å². The van der Waals surface area contributed by atoms with Gasteiger partial charge in [0.2, 0.25) is 6.79 Å². The lowest BCUT2D eigenvalue weighted by Gasteiger charge is -2.27. The minimum atomic E-state index is -0.0258. The van der Waals surface area contributed by atoms with Crippen molar-refractivity contribution in [2.24, 2.45) is 0 Å². The molecule has 2 atom stereocenters. The minimum Gasteiger partial charge on any atom is -0.454 e. The van der Waals surface area contributed by atoms with Crippen LogP contribution in [0, 0.1) is 6.92 Å². The third kappa shape index (κ3) is 2.83. The zero-order chi connectivity index (χ0) is 18.4. The number of fused-ring (bicyclic) bond motifs is 1. The lowest BCUT2D eigenvalue weighted by atomic mass is 10.0. The zero-order valence-electron chi connectivity index (χ0n) is 14.6. The highest BCUT2D eigenvalue weighted by molar-refractivity contribution is 7.80. The molecule has 0 unspecified atom stereocenters. The molecule has 7 heteroatoms. The summed E-state index contributed by atoms with van der Waals surface area (Å²) in [6.45, 7) is 2.38. The molecule has 1 aromatic carbocycles. The molecule has 0 bridgehead atoms. The molecule has 1 saturated heterocycles. The van der Waals surface area contributed by atoms with Crippen LogP contribution in [-0.2, 0) is 0 Å². The Morgan fingerprint density at radius 3 is 2.81 bits per heavy atom. The highest BCUT2D eigenvalue weighted by Gasteiger charge is 2.41. The van der Waals surface area contributed by atoms with E-state index in [9.17, 15) is 0 Å². The summed E-state index contributed by atoms with van der Waals surface area (Å²) in [4.78, 5) is 9.24. The summed E-state index contributed by atoms with van der Waals surface area (Å²) >= 11 is 7.52. The average molecular weight is 396 g/mol. The smallest absolute Gasteiger partial charge is 0.231 e. The molecule has 27 heavy (non-hydrogen) atoms. The van der Waals surface area contributed by atoms with Crippen LogP contribution in [0.5, 0.6) is 11.5 Å². The maximum Gasteiger partial charge on any atom is 0.231 e. The maximum absolute atomic E-state index is 5.73. The lowest BCUT2D eigenvalue weighted by Crippen LogP contribution is -2.29. The first kappa shape index (κ1) is 16.5. The van der Waals surface area contributed by atoms with E-state index in [-0.39, 0.29) is 18.9 Å². The lowest BCUT2D eigenvalue weighted by molar-refractivity contribution is 0.174. The Morgan fingerprint density at radius 2 is 2.04 bits per heavy atom. The van der Waals surface area contributed by atoms with Gasteiger partial charge < -0.3 is 19.7 Å². The van der Waals surface area contributed by atoms with Crippen LogP contribution in [0.3, 0.4) is 0 Å². The summed E-state index contributed by atoms with van der Waals surface area (Å²) in [5.41, 5.74) is 1.95. The number of rotatable bonds is 3. The normalized spacial score (nSPS) is 20.8. The monoisotopic (exact) mass is 395 g/mol. The second kappa shape index (κ2) is 6.51. The van der Waals surface area contributed by atoms with Gasteiger partial charge in [0.05, 0.1) is 17.8 Å². The number of benzene rings is 1. The number of nitrogens with one attached hydrogen (secondary N) is 1. The van der Waals surface area contributed by atoms with Gasteiger partial charge in [-0.15, -0.1) is 11.3 Å². The molecule has 0 saturated carbocycles. The molecule has 3 aromatic rings. The summed E-state index contributed by atoms with van der Waals surface area (Å²) < 4.78 is 11.0. The molecule has 0 aliphatic carbocycles. The Bertz CT molecular complexity index is 1010. The van der Waals surface area contributed by atoms with E-state index >= 15 is 0 Å². The van der Waals surface area contributed by atoms with Gasteiger partial charge in [-0.3, -0.25) is 4.98 Å². The van der Waals surface area contributed by atoms with Crippen LogP contribution in [0.4, 0.5) is 5.69 Å². The van der Waals surface area contributed by atoms with Crippen molar-refractivity contribution >= 4 is 34.4 Å². The molecule has 2 aliphatic rings. The highest BCUT2D eigenvalue weighted by Crippen LogP contribution is 2.45. The molecular weight excluding hydrogens is 378 g/mol. The van der Waals surface area contributed by atoms with Crippen LogP contribution >= 0.6 is 23.6 Å².